The number of hydrogen-bond acceptors (Lipinski definition) is 3. The second-order valence-electron chi connectivity index (χ2n) is 4.38. The number of anilines is 1. The van der Waals surface area contributed by atoms with Crippen LogP contribution in [0.15, 0.2) is 18.2 Å². The first kappa shape index (κ1) is 13.2. The third-order valence-corrected chi connectivity index (χ3v) is 3.38. The molecule has 18 heavy (non-hydrogen) atoms. The van der Waals surface area contributed by atoms with Crippen molar-refractivity contribution in [3.63, 3.8) is 0 Å². The van der Waals surface area contributed by atoms with Gasteiger partial charge in [-0.1, -0.05) is 11.6 Å². The number of benzene rings is 1. The van der Waals surface area contributed by atoms with E-state index in [1.165, 1.54) is 0 Å². The molecule has 0 bridgehead atoms. The topological polar surface area (TPSA) is 50.4 Å². The lowest BCUT2D eigenvalue weighted by Gasteiger charge is -2.22. The Balaban J connectivity index is 2.00. The van der Waals surface area contributed by atoms with Crippen LogP contribution in [0.1, 0.15) is 12.8 Å². The van der Waals surface area contributed by atoms with E-state index in [9.17, 15) is 4.79 Å². The Kier molecular flexibility index (Phi) is 4.44. The van der Waals surface area contributed by atoms with E-state index in [1.54, 1.807) is 25.3 Å². The molecular formula is C13H17ClN2O2. The average Bonchev–Trinajstić information content (AvgIpc) is 2.40. The van der Waals surface area contributed by atoms with E-state index < -0.39 is 0 Å². The summed E-state index contributed by atoms with van der Waals surface area (Å²) in [5.74, 6) is 0.692. The fourth-order valence-electron chi connectivity index (χ4n) is 2.06. The van der Waals surface area contributed by atoms with Gasteiger partial charge in [0.1, 0.15) is 5.75 Å². The summed E-state index contributed by atoms with van der Waals surface area (Å²) in [6.45, 7) is 1.74. The fraction of sp³-hybridized carbons (Fsp3) is 0.462. The molecule has 1 aliphatic heterocycles. The summed E-state index contributed by atoms with van der Waals surface area (Å²) in [6, 6.07) is 5.24. The first-order valence-corrected chi connectivity index (χ1v) is 6.43. The maximum Gasteiger partial charge on any atom is 0.228 e. The van der Waals surface area contributed by atoms with Crippen molar-refractivity contribution in [2.75, 3.05) is 25.5 Å². The number of amides is 1. The molecule has 5 heteroatoms. The molecule has 1 aromatic rings. The summed E-state index contributed by atoms with van der Waals surface area (Å²) >= 11 is 6.01. The van der Waals surface area contributed by atoms with Crippen molar-refractivity contribution in [2.24, 2.45) is 5.92 Å². The second-order valence-corrected chi connectivity index (χ2v) is 4.79. The quantitative estimate of drug-likeness (QED) is 0.884. The van der Waals surface area contributed by atoms with Crippen LogP contribution in [0.2, 0.25) is 5.02 Å². The third kappa shape index (κ3) is 3.15. The number of hydrogen-bond donors (Lipinski definition) is 2. The molecule has 2 rings (SSSR count). The summed E-state index contributed by atoms with van der Waals surface area (Å²) in [5, 5.41) is 6.61. The third-order valence-electron chi connectivity index (χ3n) is 3.09. The molecule has 0 aromatic heterocycles. The molecule has 2 N–H and O–H groups in total. The summed E-state index contributed by atoms with van der Waals surface area (Å²) in [5.41, 5.74) is 0.705. The molecule has 0 saturated carbocycles. The number of nitrogens with one attached hydrogen (secondary N) is 2. The number of ether oxygens (including phenoxy) is 1. The highest BCUT2D eigenvalue weighted by atomic mass is 35.5. The highest BCUT2D eigenvalue weighted by Gasteiger charge is 2.20. The van der Waals surface area contributed by atoms with Gasteiger partial charge in [0.2, 0.25) is 5.91 Å². The Morgan fingerprint density at radius 3 is 3.00 bits per heavy atom. The van der Waals surface area contributed by atoms with Gasteiger partial charge < -0.3 is 15.4 Å². The van der Waals surface area contributed by atoms with Crippen molar-refractivity contribution in [1.82, 2.24) is 5.32 Å². The van der Waals surface area contributed by atoms with Gasteiger partial charge in [-0.25, -0.2) is 0 Å². The zero-order chi connectivity index (χ0) is 13.0. The molecule has 1 saturated heterocycles. The van der Waals surface area contributed by atoms with Gasteiger partial charge in [0.15, 0.2) is 0 Å². The van der Waals surface area contributed by atoms with E-state index in [0.29, 0.717) is 16.5 Å². The molecule has 1 unspecified atom stereocenters. The van der Waals surface area contributed by atoms with Gasteiger partial charge in [-0.15, -0.1) is 0 Å². The molecular weight excluding hydrogens is 252 g/mol. The number of halogens is 1. The zero-order valence-corrected chi connectivity index (χ0v) is 11.1. The number of methoxy groups -OCH3 is 1. The van der Waals surface area contributed by atoms with Crippen molar-refractivity contribution in [3.05, 3.63) is 23.2 Å². The number of rotatable bonds is 3. The molecule has 1 heterocycles. The molecule has 0 aliphatic carbocycles. The van der Waals surface area contributed by atoms with E-state index in [0.717, 1.165) is 25.9 Å². The van der Waals surface area contributed by atoms with Crippen LogP contribution in [-0.2, 0) is 4.79 Å². The van der Waals surface area contributed by atoms with Crippen molar-refractivity contribution < 1.29 is 9.53 Å². The molecule has 98 valence electrons. The maximum absolute atomic E-state index is 12.0. The Bertz CT molecular complexity index is 431. The largest absolute Gasteiger partial charge is 0.495 e. The highest BCUT2D eigenvalue weighted by Crippen LogP contribution is 2.27. The molecule has 1 fully saturated rings. The number of carbonyl (C=O) groups excluding carboxylic acids is 1. The van der Waals surface area contributed by atoms with Crippen LogP contribution in [0, 0.1) is 5.92 Å². The Hall–Kier alpha value is -1.26. The van der Waals surface area contributed by atoms with E-state index in [4.69, 9.17) is 16.3 Å². The zero-order valence-electron chi connectivity index (χ0n) is 10.3. The van der Waals surface area contributed by atoms with Gasteiger partial charge >= 0.3 is 0 Å². The van der Waals surface area contributed by atoms with Crippen LogP contribution in [0.5, 0.6) is 5.75 Å². The first-order chi connectivity index (χ1) is 8.70. The molecule has 1 atom stereocenters. The van der Waals surface area contributed by atoms with E-state index in [-0.39, 0.29) is 11.8 Å². The van der Waals surface area contributed by atoms with Crippen LogP contribution < -0.4 is 15.4 Å². The summed E-state index contributed by atoms with van der Waals surface area (Å²) in [7, 11) is 1.56. The minimum absolute atomic E-state index is 0.0413. The monoisotopic (exact) mass is 268 g/mol. The predicted octanol–water partition coefficient (Wildman–Crippen LogP) is 2.29. The van der Waals surface area contributed by atoms with Crippen molar-refractivity contribution in [2.45, 2.75) is 12.8 Å². The van der Waals surface area contributed by atoms with E-state index in [2.05, 4.69) is 10.6 Å². The van der Waals surface area contributed by atoms with Gasteiger partial charge in [-0.2, -0.15) is 0 Å². The van der Waals surface area contributed by atoms with Crippen LogP contribution in [0.3, 0.4) is 0 Å². The molecule has 1 aliphatic rings. The second kappa shape index (κ2) is 6.07. The van der Waals surface area contributed by atoms with Gasteiger partial charge in [0, 0.05) is 12.2 Å². The van der Waals surface area contributed by atoms with Gasteiger partial charge in [0.05, 0.1) is 18.1 Å². The molecule has 0 radical (unpaired) electrons. The minimum atomic E-state index is 0.0413. The van der Waals surface area contributed by atoms with Crippen molar-refractivity contribution >= 4 is 23.2 Å². The van der Waals surface area contributed by atoms with Crippen LogP contribution in [0.25, 0.3) is 0 Å². The minimum Gasteiger partial charge on any atom is -0.495 e. The number of piperidine rings is 1. The first-order valence-electron chi connectivity index (χ1n) is 6.06. The van der Waals surface area contributed by atoms with Crippen LogP contribution >= 0.6 is 11.6 Å². The summed E-state index contributed by atoms with van der Waals surface area (Å²) in [6.07, 6.45) is 1.98. The van der Waals surface area contributed by atoms with Crippen LogP contribution in [0.4, 0.5) is 5.69 Å². The van der Waals surface area contributed by atoms with Crippen molar-refractivity contribution in [3.8, 4) is 5.75 Å². The smallest absolute Gasteiger partial charge is 0.228 e. The van der Waals surface area contributed by atoms with E-state index >= 15 is 0 Å². The van der Waals surface area contributed by atoms with Crippen LogP contribution in [-0.4, -0.2) is 26.1 Å². The SMILES string of the molecule is COc1ccc(NC(=O)C2CCCNC2)cc1Cl. The van der Waals surface area contributed by atoms with Crippen molar-refractivity contribution in [1.29, 1.82) is 0 Å². The molecule has 4 nitrogen and oxygen atoms in total. The lowest BCUT2D eigenvalue weighted by molar-refractivity contribution is -0.120. The average molecular weight is 269 g/mol. The Morgan fingerprint density at radius 2 is 2.39 bits per heavy atom. The molecule has 1 aromatic carbocycles. The Morgan fingerprint density at radius 1 is 1.56 bits per heavy atom. The normalized spacial score (nSPS) is 19.3. The van der Waals surface area contributed by atoms with Gasteiger partial charge in [0.25, 0.3) is 0 Å². The van der Waals surface area contributed by atoms with Gasteiger partial charge in [-0.05, 0) is 37.6 Å². The maximum atomic E-state index is 12.0. The summed E-state index contributed by atoms with van der Waals surface area (Å²) < 4.78 is 5.07. The molecule has 1 amide bonds. The lowest BCUT2D eigenvalue weighted by atomic mass is 9.99. The number of carbonyl (C=O) groups is 1. The molecule has 0 spiro atoms. The van der Waals surface area contributed by atoms with E-state index in [1.807, 2.05) is 0 Å². The van der Waals surface area contributed by atoms with Gasteiger partial charge in [-0.3, -0.25) is 4.79 Å². The predicted molar refractivity (Wildman–Crippen MR) is 72.2 cm³/mol. The Labute approximate surface area is 112 Å². The highest BCUT2D eigenvalue weighted by molar-refractivity contribution is 6.32. The summed E-state index contributed by atoms with van der Waals surface area (Å²) in [4.78, 5) is 12.0. The standard InChI is InChI=1S/C13H17ClN2O2/c1-18-12-5-4-10(7-11(12)14)16-13(17)9-3-2-6-15-8-9/h4-5,7,9,15H,2-3,6,8H2,1H3,(H,16,17). The fourth-order valence-corrected chi connectivity index (χ4v) is 2.32. The lowest BCUT2D eigenvalue weighted by Crippen LogP contribution is -2.37.